The number of benzene rings is 1. The first-order chi connectivity index (χ1) is 11.2. The van der Waals surface area contributed by atoms with Gasteiger partial charge < -0.3 is 14.8 Å². The van der Waals surface area contributed by atoms with E-state index in [1.165, 1.54) is 24.3 Å². The number of carbonyl (C=O) groups excluding carboxylic acids is 2. The van der Waals surface area contributed by atoms with Gasteiger partial charge in [-0.05, 0) is 37.1 Å². The minimum atomic E-state index is -2.96. The van der Waals surface area contributed by atoms with Crippen LogP contribution in [-0.2, 0) is 9.53 Å². The second-order valence-corrected chi connectivity index (χ2v) is 5.50. The summed E-state index contributed by atoms with van der Waals surface area (Å²) in [6.07, 6.45) is 0. The van der Waals surface area contributed by atoms with E-state index in [9.17, 15) is 18.4 Å². The van der Waals surface area contributed by atoms with E-state index in [1.807, 2.05) is 6.07 Å². The van der Waals surface area contributed by atoms with Gasteiger partial charge in [0.25, 0.3) is 5.91 Å². The van der Waals surface area contributed by atoms with E-state index in [-0.39, 0.29) is 17.2 Å². The van der Waals surface area contributed by atoms with Crippen molar-refractivity contribution in [3.8, 4) is 11.8 Å². The maximum atomic E-state index is 12.0. The molecule has 0 bridgehead atoms. The predicted octanol–water partition coefficient (Wildman–Crippen LogP) is 2.50. The molecule has 1 atom stereocenters. The summed E-state index contributed by atoms with van der Waals surface area (Å²) < 4.78 is 33.0. The number of esters is 1. The smallest absolute Gasteiger partial charge is 0.387 e. The second-order valence-electron chi connectivity index (χ2n) is 5.50. The molecule has 0 spiro atoms. The van der Waals surface area contributed by atoms with Gasteiger partial charge in [0, 0.05) is 0 Å². The lowest BCUT2D eigenvalue weighted by Gasteiger charge is -2.27. The Labute approximate surface area is 138 Å². The molecule has 0 fully saturated rings. The average molecular weight is 340 g/mol. The molecular formula is C16H18F2N2O4. The van der Waals surface area contributed by atoms with Gasteiger partial charge in [-0.1, -0.05) is 13.8 Å². The van der Waals surface area contributed by atoms with E-state index in [1.54, 1.807) is 20.8 Å². The molecular weight excluding hydrogens is 322 g/mol. The normalized spacial score (nSPS) is 13.1. The van der Waals surface area contributed by atoms with Crippen LogP contribution in [0.4, 0.5) is 8.78 Å². The highest BCUT2D eigenvalue weighted by Crippen LogP contribution is 2.16. The Morgan fingerprint density at radius 1 is 1.29 bits per heavy atom. The fourth-order valence-corrected chi connectivity index (χ4v) is 1.61. The molecule has 0 saturated carbocycles. The molecule has 0 radical (unpaired) electrons. The van der Waals surface area contributed by atoms with Crippen molar-refractivity contribution in [1.29, 1.82) is 5.26 Å². The molecule has 6 nitrogen and oxygen atoms in total. The van der Waals surface area contributed by atoms with Gasteiger partial charge in [-0.2, -0.15) is 14.0 Å². The topological polar surface area (TPSA) is 88.4 Å². The number of ether oxygens (including phenoxy) is 2. The monoisotopic (exact) mass is 340 g/mol. The highest BCUT2D eigenvalue weighted by Gasteiger charge is 2.30. The molecule has 0 aromatic heterocycles. The molecule has 130 valence electrons. The summed E-state index contributed by atoms with van der Waals surface area (Å²) in [5.41, 5.74) is -0.992. The number of carbonyl (C=O) groups is 2. The third-order valence-electron chi connectivity index (χ3n) is 3.44. The van der Waals surface area contributed by atoms with E-state index in [2.05, 4.69) is 10.1 Å². The van der Waals surface area contributed by atoms with Crippen LogP contribution in [0, 0.1) is 17.2 Å². The van der Waals surface area contributed by atoms with Crippen LogP contribution < -0.4 is 10.1 Å². The third kappa shape index (κ3) is 5.50. The first-order valence-corrected chi connectivity index (χ1v) is 7.12. The molecule has 8 heteroatoms. The number of rotatable bonds is 7. The number of hydrogen-bond donors (Lipinski definition) is 1. The Morgan fingerprint density at radius 2 is 1.88 bits per heavy atom. The molecule has 1 aromatic rings. The lowest BCUT2D eigenvalue weighted by atomic mass is 9.90. The number of amides is 1. The number of nitrogens with zero attached hydrogens (tertiary/aromatic N) is 1. The molecule has 0 aliphatic carbocycles. The average Bonchev–Trinajstić information content (AvgIpc) is 2.52. The standard InChI is InChI=1S/C16H18F2N2O4/c1-10(2)16(3,9-19)20-13(21)8-23-14(22)11-4-6-12(7-5-11)24-15(17)18/h4-7,10,15H,8H2,1-3H3,(H,20,21)/t16-/m1/s1. The van der Waals surface area contributed by atoms with Gasteiger partial charge in [0.15, 0.2) is 6.61 Å². The SMILES string of the molecule is CC(C)[C@@](C)(C#N)NC(=O)COC(=O)c1ccc(OC(F)F)cc1. The summed E-state index contributed by atoms with van der Waals surface area (Å²) in [5.74, 6) is -1.64. The van der Waals surface area contributed by atoms with E-state index < -0.39 is 30.6 Å². The zero-order valence-electron chi connectivity index (χ0n) is 13.5. The lowest BCUT2D eigenvalue weighted by Crippen LogP contribution is -2.50. The van der Waals surface area contributed by atoms with Crippen molar-refractivity contribution < 1.29 is 27.8 Å². The molecule has 1 rings (SSSR count). The second kappa shape index (κ2) is 8.24. The van der Waals surface area contributed by atoms with E-state index in [0.717, 1.165) is 0 Å². The van der Waals surface area contributed by atoms with Crippen LogP contribution in [0.1, 0.15) is 31.1 Å². The minimum Gasteiger partial charge on any atom is -0.452 e. The number of nitriles is 1. The first kappa shape index (κ1) is 19.4. The Balaban J connectivity index is 2.57. The van der Waals surface area contributed by atoms with E-state index in [4.69, 9.17) is 10.00 Å². The van der Waals surface area contributed by atoms with Crippen molar-refractivity contribution in [3.63, 3.8) is 0 Å². The lowest BCUT2D eigenvalue weighted by molar-refractivity contribution is -0.125. The maximum Gasteiger partial charge on any atom is 0.387 e. The van der Waals surface area contributed by atoms with Crippen LogP contribution in [-0.4, -0.2) is 30.6 Å². The van der Waals surface area contributed by atoms with Gasteiger partial charge in [0.2, 0.25) is 0 Å². The van der Waals surface area contributed by atoms with Crippen molar-refractivity contribution in [2.24, 2.45) is 5.92 Å². The molecule has 1 N–H and O–H groups in total. The van der Waals surface area contributed by atoms with Crippen molar-refractivity contribution in [2.75, 3.05) is 6.61 Å². The molecule has 0 aliphatic heterocycles. The summed E-state index contributed by atoms with van der Waals surface area (Å²) in [6.45, 7) is 1.61. The van der Waals surface area contributed by atoms with Gasteiger partial charge in [0.1, 0.15) is 11.3 Å². The largest absolute Gasteiger partial charge is 0.452 e. The Hall–Kier alpha value is -2.69. The van der Waals surface area contributed by atoms with Crippen molar-refractivity contribution in [3.05, 3.63) is 29.8 Å². The fourth-order valence-electron chi connectivity index (χ4n) is 1.61. The van der Waals surface area contributed by atoms with E-state index >= 15 is 0 Å². The van der Waals surface area contributed by atoms with Crippen LogP contribution in [0.15, 0.2) is 24.3 Å². The summed E-state index contributed by atoms with van der Waals surface area (Å²) in [4.78, 5) is 23.6. The minimum absolute atomic E-state index is 0.0799. The van der Waals surface area contributed by atoms with Gasteiger partial charge in [-0.25, -0.2) is 4.79 Å². The number of halogens is 2. The molecule has 1 aromatic carbocycles. The van der Waals surface area contributed by atoms with Crippen molar-refractivity contribution in [1.82, 2.24) is 5.32 Å². The maximum absolute atomic E-state index is 12.0. The summed E-state index contributed by atoms with van der Waals surface area (Å²) in [6, 6.07) is 6.86. The Kier molecular flexibility index (Phi) is 6.65. The summed E-state index contributed by atoms with van der Waals surface area (Å²) >= 11 is 0. The third-order valence-corrected chi connectivity index (χ3v) is 3.44. The first-order valence-electron chi connectivity index (χ1n) is 7.12. The number of alkyl halides is 2. The molecule has 0 aliphatic rings. The molecule has 1 amide bonds. The molecule has 0 saturated heterocycles. The van der Waals surface area contributed by atoms with Crippen molar-refractivity contribution >= 4 is 11.9 Å². The number of hydrogen-bond acceptors (Lipinski definition) is 5. The Bertz CT molecular complexity index is 626. The Morgan fingerprint density at radius 3 is 2.33 bits per heavy atom. The van der Waals surface area contributed by atoms with E-state index in [0.29, 0.717) is 0 Å². The van der Waals surface area contributed by atoms with Crippen molar-refractivity contribution in [2.45, 2.75) is 32.9 Å². The van der Waals surface area contributed by atoms with Crippen LogP contribution in [0.25, 0.3) is 0 Å². The van der Waals surface area contributed by atoms with Gasteiger partial charge >= 0.3 is 12.6 Å². The fraction of sp³-hybridized carbons (Fsp3) is 0.438. The molecule has 24 heavy (non-hydrogen) atoms. The van der Waals surface area contributed by atoms with Gasteiger partial charge in [0.05, 0.1) is 11.6 Å². The van der Waals surface area contributed by atoms with Gasteiger partial charge in [-0.3, -0.25) is 4.79 Å². The van der Waals surface area contributed by atoms with Crippen LogP contribution in [0.3, 0.4) is 0 Å². The van der Waals surface area contributed by atoms with Crippen LogP contribution >= 0.6 is 0 Å². The predicted molar refractivity (Wildman–Crippen MR) is 80.4 cm³/mol. The van der Waals surface area contributed by atoms with Gasteiger partial charge in [-0.15, -0.1) is 0 Å². The quantitative estimate of drug-likeness (QED) is 0.771. The molecule has 0 heterocycles. The zero-order chi connectivity index (χ0) is 18.3. The van der Waals surface area contributed by atoms with Crippen LogP contribution in [0.5, 0.6) is 5.75 Å². The molecule has 0 unspecified atom stereocenters. The summed E-state index contributed by atoms with van der Waals surface area (Å²) in [7, 11) is 0. The zero-order valence-corrected chi connectivity index (χ0v) is 13.5. The number of nitrogens with one attached hydrogen (secondary N) is 1. The summed E-state index contributed by atoms with van der Waals surface area (Å²) in [5, 5.41) is 11.6. The highest BCUT2D eigenvalue weighted by molar-refractivity contribution is 5.91. The highest BCUT2D eigenvalue weighted by atomic mass is 19.3. The van der Waals surface area contributed by atoms with Crippen LogP contribution in [0.2, 0.25) is 0 Å².